The monoisotopic (exact) mass is 456 g/mol. The average molecular weight is 457 g/mol. The van der Waals surface area contributed by atoms with Crippen LogP contribution in [0, 0.1) is 12.8 Å². The molecule has 11 heteroatoms. The number of aromatic nitrogens is 2. The summed E-state index contributed by atoms with van der Waals surface area (Å²) in [7, 11) is 0. The van der Waals surface area contributed by atoms with Crippen LogP contribution in [-0.2, 0) is 4.79 Å². The molecule has 0 aliphatic heterocycles. The van der Waals surface area contributed by atoms with Crippen molar-refractivity contribution in [3.63, 3.8) is 0 Å². The maximum atomic E-state index is 12.6. The number of ether oxygens (including phenoxy) is 1. The minimum Gasteiger partial charge on any atom is -0.483 e. The number of anilines is 1. The molecule has 1 heterocycles. The van der Waals surface area contributed by atoms with Gasteiger partial charge in [0.25, 0.3) is 5.91 Å². The molecule has 0 bridgehead atoms. The summed E-state index contributed by atoms with van der Waals surface area (Å²) in [5, 5.41) is 5.34. The van der Waals surface area contributed by atoms with Gasteiger partial charge >= 0.3 is 6.18 Å². The molecule has 1 aromatic heterocycles. The van der Waals surface area contributed by atoms with E-state index in [1.165, 1.54) is 24.3 Å². The number of hydrogen-bond acceptors (Lipinski definition) is 5. The highest BCUT2D eigenvalue weighted by atomic mass is 35.5. The normalized spacial score (nSPS) is 14.6. The molecule has 2 N–H and O–H groups in total. The third-order valence-electron chi connectivity index (χ3n) is 4.46. The lowest BCUT2D eigenvalue weighted by Gasteiger charge is -2.16. The Morgan fingerprint density at radius 2 is 1.97 bits per heavy atom. The summed E-state index contributed by atoms with van der Waals surface area (Å²) in [6, 6.07) is 5.20. The van der Waals surface area contributed by atoms with Gasteiger partial charge in [-0.25, -0.2) is 9.97 Å². The van der Waals surface area contributed by atoms with Crippen molar-refractivity contribution >= 4 is 29.4 Å². The predicted octanol–water partition coefficient (Wildman–Crippen LogP) is 4.22. The van der Waals surface area contributed by atoms with Crippen LogP contribution in [0.1, 0.15) is 47.6 Å². The topological polar surface area (TPSA) is 93.2 Å². The fraction of sp³-hybridized carbons (Fsp3) is 0.400. The number of alkyl halides is 3. The molecule has 1 aliphatic carbocycles. The lowest BCUT2D eigenvalue weighted by Crippen LogP contribution is -2.28. The lowest BCUT2D eigenvalue weighted by atomic mass is 10.1. The highest BCUT2D eigenvalue weighted by Crippen LogP contribution is 2.30. The van der Waals surface area contributed by atoms with E-state index in [1.807, 2.05) is 0 Å². The molecule has 1 atom stereocenters. The molecule has 31 heavy (non-hydrogen) atoms. The highest BCUT2D eigenvalue weighted by molar-refractivity contribution is 6.32. The van der Waals surface area contributed by atoms with Gasteiger partial charge in [-0.15, -0.1) is 0 Å². The van der Waals surface area contributed by atoms with Gasteiger partial charge in [0, 0.05) is 11.6 Å². The predicted molar refractivity (Wildman–Crippen MR) is 107 cm³/mol. The van der Waals surface area contributed by atoms with Crippen LogP contribution < -0.4 is 15.4 Å². The Hall–Kier alpha value is -2.88. The number of benzene rings is 1. The van der Waals surface area contributed by atoms with Crippen LogP contribution in [0.3, 0.4) is 0 Å². The van der Waals surface area contributed by atoms with E-state index in [0.29, 0.717) is 11.3 Å². The summed E-state index contributed by atoms with van der Waals surface area (Å²) in [6.07, 6.45) is -2.83. The quantitative estimate of drug-likeness (QED) is 0.650. The molecule has 0 radical (unpaired) electrons. The van der Waals surface area contributed by atoms with Gasteiger partial charge in [0.2, 0.25) is 11.9 Å². The second kappa shape index (κ2) is 9.09. The molecule has 0 spiro atoms. The van der Waals surface area contributed by atoms with Crippen LogP contribution in [0.4, 0.5) is 19.1 Å². The fourth-order valence-electron chi connectivity index (χ4n) is 2.72. The summed E-state index contributed by atoms with van der Waals surface area (Å²) in [5.74, 6) is -0.761. The van der Waals surface area contributed by atoms with Gasteiger partial charge in [0.05, 0.1) is 11.1 Å². The molecule has 1 fully saturated rings. The summed E-state index contributed by atoms with van der Waals surface area (Å²) in [4.78, 5) is 32.8. The number of nitrogens with zero attached hydrogens (tertiary/aromatic N) is 2. The molecular formula is C20H20ClF3N4O3. The number of carbonyl (C=O) groups is 2. The maximum Gasteiger partial charge on any atom is 0.422 e. The largest absolute Gasteiger partial charge is 0.483 e. The van der Waals surface area contributed by atoms with Crippen LogP contribution in [0.15, 0.2) is 24.3 Å². The van der Waals surface area contributed by atoms with E-state index in [1.54, 1.807) is 13.8 Å². The van der Waals surface area contributed by atoms with E-state index in [9.17, 15) is 22.8 Å². The third kappa shape index (κ3) is 6.55. The first-order chi connectivity index (χ1) is 14.5. The molecule has 1 aromatic carbocycles. The first-order valence-electron chi connectivity index (χ1n) is 9.48. The SMILES string of the molecule is Cc1cc(C(=O)NC(C)c2ccc(OCC(F)(F)F)c(Cl)c2)nc(NC(=O)C2CC2)n1. The molecule has 1 unspecified atom stereocenters. The van der Waals surface area contributed by atoms with Crippen molar-refractivity contribution in [3.8, 4) is 5.75 Å². The molecule has 3 rings (SSSR count). The van der Waals surface area contributed by atoms with E-state index in [2.05, 4.69) is 25.3 Å². The number of nitrogens with one attached hydrogen (secondary N) is 2. The van der Waals surface area contributed by atoms with Crippen molar-refractivity contribution in [2.45, 2.75) is 38.9 Å². The molecule has 0 saturated heterocycles. The minimum absolute atomic E-state index is 0.00851. The van der Waals surface area contributed by atoms with Crippen molar-refractivity contribution in [2.24, 2.45) is 5.92 Å². The first-order valence-corrected chi connectivity index (χ1v) is 9.86. The Kier molecular flexibility index (Phi) is 6.68. The van der Waals surface area contributed by atoms with Gasteiger partial charge in [0.1, 0.15) is 11.4 Å². The van der Waals surface area contributed by atoms with Gasteiger partial charge in [-0.2, -0.15) is 13.2 Å². The number of halogens is 4. The molecule has 2 amide bonds. The maximum absolute atomic E-state index is 12.6. The van der Waals surface area contributed by atoms with E-state index in [0.717, 1.165) is 12.8 Å². The summed E-state index contributed by atoms with van der Waals surface area (Å²) in [6.45, 7) is 1.91. The fourth-order valence-corrected chi connectivity index (χ4v) is 2.96. The van der Waals surface area contributed by atoms with Crippen LogP contribution in [-0.4, -0.2) is 34.6 Å². The van der Waals surface area contributed by atoms with Gasteiger partial charge in [-0.3, -0.25) is 14.9 Å². The zero-order valence-electron chi connectivity index (χ0n) is 16.7. The number of aryl methyl sites for hydroxylation is 1. The Morgan fingerprint density at radius 1 is 1.26 bits per heavy atom. The number of carbonyl (C=O) groups excluding carboxylic acids is 2. The average Bonchev–Trinajstić information content (AvgIpc) is 3.51. The third-order valence-corrected chi connectivity index (χ3v) is 4.76. The number of hydrogen-bond donors (Lipinski definition) is 2. The Balaban J connectivity index is 1.66. The van der Waals surface area contributed by atoms with Crippen LogP contribution in [0.5, 0.6) is 5.75 Å². The second-order valence-corrected chi connectivity index (χ2v) is 7.68. The lowest BCUT2D eigenvalue weighted by molar-refractivity contribution is -0.153. The Morgan fingerprint density at radius 3 is 2.58 bits per heavy atom. The number of amides is 2. The molecule has 2 aromatic rings. The molecule has 1 aliphatic rings. The summed E-state index contributed by atoms with van der Waals surface area (Å²) < 4.78 is 41.6. The smallest absolute Gasteiger partial charge is 0.422 e. The highest BCUT2D eigenvalue weighted by Gasteiger charge is 2.30. The molecule has 7 nitrogen and oxygen atoms in total. The van der Waals surface area contributed by atoms with E-state index in [4.69, 9.17) is 11.6 Å². The summed E-state index contributed by atoms with van der Waals surface area (Å²) >= 11 is 6.01. The Bertz CT molecular complexity index is 996. The molecule has 1 saturated carbocycles. The van der Waals surface area contributed by atoms with Crippen molar-refractivity contribution in [3.05, 3.63) is 46.2 Å². The second-order valence-electron chi connectivity index (χ2n) is 7.27. The van der Waals surface area contributed by atoms with Gasteiger partial charge in [-0.05, 0) is 50.5 Å². The molecule has 166 valence electrons. The zero-order chi connectivity index (χ0) is 22.8. The van der Waals surface area contributed by atoms with Gasteiger partial charge in [0.15, 0.2) is 6.61 Å². The van der Waals surface area contributed by atoms with Gasteiger partial charge < -0.3 is 10.1 Å². The van der Waals surface area contributed by atoms with Crippen LogP contribution in [0.25, 0.3) is 0 Å². The van der Waals surface area contributed by atoms with Crippen LogP contribution in [0.2, 0.25) is 5.02 Å². The van der Waals surface area contributed by atoms with Crippen molar-refractivity contribution in [1.29, 1.82) is 0 Å². The van der Waals surface area contributed by atoms with E-state index in [-0.39, 0.29) is 34.2 Å². The van der Waals surface area contributed by atoms with E-state index < -0.39 is 24.7 Å². The van der Waals surface area contributed by atoms with Crippen molar-refractivity contribution < 1.29 is 27.5 Å². The zero-order valence-corrected chi connectivity index (χ0v) is 17.5. The van der Waals surface area contributed by atoms with Crippen LogP contribution >= 0.6 is 11.6 Å². The standard InChI is InChI=1S/C20H20ClF3N4O3/c1-10-7-15(27-19(25-10)28-17(29)12-3-4-12)18(30)26-11(2)13-5-6-16(14(21)8-13)31-9-20(22,23)24/h5-8,11-12H,3-4,9H2,1-2H3,(H,26,30)(H,25,27,28,29). The summed E-state index contributed by atoms with van der Waals surface area (Å²) in [5.41, 5.74) is 1.14. The Labute approximate surface area is 181 Å². The molecular weight excluding hydrogens is 437 g/mol. The van der Waals surface area contributed by atoms with Gasteiger partial charge in [-0.1, -0.05) is 17.7 Å². The van der Waals surface area contributed by atoms with Crippen molar-refractivity contribution in [1.82, 2.24) is 15.3 Å². The van der Waals surface area contributed by atoms with E-state index >= 15 is 0 Å². The number of rotatable bonds is 7. The first kappa shape index (κ1) is 22.8. The van der Waals surface area contributed by atoms with Crippen molar-refractivity contribution in [2.75, 3.05) is 11.9 Å². The minimum atomic E-state index is -4.48.